The number of nitrogens with one attached hydrogen (secondary N) is 1. The number of aromatic nitrogens is 2. The molecule has 0 spiro atoms. The molecular formula is C12H18N4O3. The molecule has 0 aliphatic heterocycles. The maximum Gasteiger partial charge on any atom is 0.323 e. The summed E-state index contributed by atoms with van der Waals surface area (Å²) in [5, 5.41) is 15.7. The number of carbonyl (C=O) groups is 2. The molecule has 2 N–H and O–H groups in total. The summed E-state index contributed by atoms with van der Waals surface area (Å²) >= 11 is 0. The molecule has 0 unspecified atom stereocenters. The van der Waals surface area contributed by atoms with E-state index in [1.165, 1.54) is 4.90 Å². The van der Waals surface area contributed by atoms with Gasteiger partial charge in [-0.1, -0.05) is 0 Å². The first-order chi connectivity index (χ1) is 8.97. The molecule has 0 radical (unpaired) electrons. The molecule has 1 fully saturated rings. The number of carboxylic acid groups (broad SMARTS) is 1. The van der Waals surface area contributed by atoms with E-state index in [1.54, 1.807) is 4.68 Å². The number of aryl methyl sites for hydroxylation is 2. The Labute approximate surface area is 111 Å². The van der Waals surface area contributed by atoms with Crippen molar-refractivity contribution in [3.05, 3.63) is 17.5 Å². The highest BCUT2D eigenvalue weighted by molar-refractivity contribution is 5.80. The minimum absolute atomic E-state index is 0.0751. The maximum atomic E-state index is 12.0. The number of carboxylic acids is 1. The molecule has 1 saturated carbocycles. The van der Waals surface area contributed by atoms with Crippen molar-refractivity contribution in [3.63, 3.8) is 0 Å². The Balaban J connectivity index is 1.92. The molecule has 0 bridgehead atoms. The van der Waals surface area contributed by atoms with Gasteiger partial charge in [-0.15, -0.1) is 0 Å². The SMILES string of the molecule is Cc1nn(C)cc1CNC(=O)N(CC(=O)O)C1CC1. The van der Waals surface area contributed by atoms with Crippen molar-refractivity contribution in [2.24, 2.45) is 7.05 Å². The van der Waals surface area contributed by atoms with Gasteiger partial charge in [0, 0.05) is 31.4 Å². The van der Waals surface area contributed by atoms with E-state index in [2.05, 4.69) is 10.4 Å². The average Bonchev–Trinajstić information content (AvgIpc) is 3.09. The van der Waals surface area contributed by atoms with Gasteiger partial charge in [-0.3, -0.25) is 9.48 Å². The number of carbonyl (C=O) groups excluding carboxylic acids is 1. The summed E-state index contributed by atoms with van der Waals surface area (Å²) in [5.41, 5.74) is 1.79. The van der Waals surface area contributed by atoms with Gasteiger partial charge in [-0.2, -0.15) is 5.10 Å². The molecule has 2 amide bonds. The van der Waals surface area contributed by atoms with Gasteiger partial charge < -0.3 is 15.3 Å². The largest absolute Gasteiger partial charge is 0.480 e. The van der Waals surface area contributed by atoms with Crippen LogP contribution in [0.15, 0.2) is 6.20 Å². The van der Waals surface area contributed by atoms with E-state index < -0.39 is 5.97 Å². The number of hydrogen-bond donors (Lipinski definition) is 2. The number of amides is 2. The minimum atomic E-state index is -0.986. The van der Waals surface area contributed by atoms with Gasteiger partial charge in [0.1, 0.15) is 6.54 Å². The van der Waals surface area contributed by atoms with Gasteiger partial charge in [0.25, 0.3) is 0 Å². The topological polar surface area (TPSA) is 87.5 Å². The van der Waals surface area contributed by atoms with Crippen LogP contribution in [-0.2, 0) is 18.4 Å². The van der Waals surface area contributed by atoms with E-state index in [-0.39, 0.29) is 18.6 Å². The molecule has 1 aromatic heterocycles. The molecular weight excluding hydrogens is 248 g/mol. The molecule has 2 rings (SSSR count). The molecule has 0 aromatic carbocycles. The molecule has 1 aromatic rings. The van der Waals surface area contributed by atoms with Crippen molar-refractivity contribution in [2.75, 3.05) is 6.54 Å². The monoisotopic (exact) mass is 266 g/mol. The van der Waals surface area contributed by atoms with Crippen LogP contribution in [0.3, 0.4) is 0 Å². The van der Waals surface area contributed by atoms with Crippen molar-refractivity contribution in [1.29, 1.82) is 0 Å². The third-order valence-corrected chi connectivity index (χ3v) is 3.10. The van der Waals surface area contributed by atoms with Crippen LogP contribution in [0.5, 0.6) is 0 Å². The predicted molar refractivity (Wildman–Crippen MR) is 67.5 cm³/mol. The third kappa shape index (κ3) is 3.46. The van der Waals surface area contributed by atoms with Crippen molar-refractivity contribution in [3.8, 4) is 0 Å². The summed E-state index contributed by atoms with van der Waals surface area (Å²) in [6.07, 6.45) is 3.60. The summed E-state index contributed by atoms with van der Waals surface area (Å²) < 4.78 is 1.69. The fraction of sp³-hybridized carbons (Fsp3) is 0.583. The zero-order valence-electron chi connectivity index (χ0n) is 11.1. The van der Waals surface area contributed by atoms with Crippen LogP contribution in [0, 0.1) is 6.92 Å². The highest BCUT2D eigenvalue weighted by atomic mass is 16.4. The molecule has 1 aliphatic rings. The first kappa shape index (κ1) is 13.4. The Kier molecular flexibility index (Phi) is 3.73. The van der Waals surface area contributed by atoms with Crippen LogP contribution in [-0.4, -0.2) is 44.4 Å². The van der Waals surface area contributed by atoms with Crippen LogP contribution in [0.25, 0.3) is 0 Å². The highest BCUT2D eigenvalue weighted by Crippen LogP contribution is 2.26. The second kappa shape index (κ2) is 5.29. The molecule has 7 nitrogen and oxygen atoms in total. The molecule has 19 heavy (non-hydrogen) atoms. The van der Waals surface area contributed by atoms with E-state index in [4.69, 9.17) is 5.11 Å². The second-order valence-corrected chi connectivity index (χ2v) is 4.82. The number of rotatable bonds is 5. The minimum Gasteiger partial charge on any atom is -0.480 e. The van der Waals surface area contributed by atoms with Crippen molar-refractivity contribution in [1.82, 2.24) is 20.0 Å². The Morgan fingerprint density at radius 1 is 1.58 bits per heavy atom. The lowest BCUT2D eigenvalue weighted by Crippen LogP contribution is -2.43. The van der Waals surface area contributed by atoms with E-state index in [0.717, 1.165) is 24.1 Å². The zero-order chi connectivity index (χ0) is 14.0. The molecule has 1 aliphatic carbocycles. The Bertz CT molecular complexity index is 493. The summed E-state index contributed by atoms with van der Waals surface area (Å²) in [4.78, 5) is 24.1. The summed E-state index contributed by atoms with van der Waals surface area (Å²) in [7, 11) is 1.82. The molecule has 0 atom stereocenters. The molecule has 104 valence electrons. The van der Waals surface area contributed by atoms with E-state index >= 15 is 0 Å². The zero-order valence-corrected chi connectivity index (χ0v) is 11.1. The molecule has 7 heteroatoms. The summed E-state index contributed by atoms with van der Waals surface area (Å²) in [6, 6.07) is -0.251. The van der Waals surface area contributed by atoms with E-state index in [0.29, 0.717) is 6.54 Å². The van der Waals surface area contributed by atoms with Gasteiger partial charge in [0.05, 0.1) is 5.69 Å². The quantitative estimate of drug-likeness (QED) is 0.811. The molecule has 0 saturated heterocycles. The summed E-state index contributed by atoms with van der Waals surface area (Å²) in [6.45, 7) is 1.99. The highest BCUT2D eigenvalue weighted by Gasteiger charge is 2.33. The Morgan fingerprint density at radius 2 is 2.26 bits per heavy atom. The van der Waals surface area contributed by atoms with Gasteiger partial charge >= 0.3 is 12.0 Å². The number of nitrogens with zero attached hydrogens (tertiary/aromatic N) is 3. The maximum absolute atomic E-state index is 12.0. The Morgan fingerprint density at radius 3 is 2.74 bits per heavy atom. The number of hydrogen-bond acceptors (Lipinski definition) is 3. The van der Waals surface area contributed by atoms with E-state index in [9.17, 15) is 9.59 Å². The third-order valence-electron chi connectivity index (χ3n) is 3.10. The fourth-order valence-electron chi connectivity index (χ4n) is 1.99. The van der Waals surface area contributed by atoms with Crippen molar-refractivity contribution in [2.45, 2.75) is 32.4 Å². The van der Waals surface area contributed by atoms with Gasteiger partial charge in [-0.05, 0) is 19.8 Å². The average molecular weight is 266 g/mol. The number of aliphatic carboxylic acids is 1. The van der Waals surface area contributed by atoms with Gasteiger partial charge in [0.15, 0.2) is 0 Å². The van der Waals surface area contributed by atoms with Crippen LogP contribution < -0.4 is 5.32 Å². The Hall–Kier alpha value is -2.05. The summed E-state index contributed by atoms with van der Waals surface area (Å²) in [5.74, 6) is -0.986. The van der Waals surface area contributed by atoms with Crippen molar-refractivity contribution >= 4 is 12.0 Å². The van der Waals surface area contributed by atoms with Crippen LogP contribution in [0.4, 0.5) is 4.79 Å². The standard InChI is InChI=1S/C12H18N4O3/c1-8-9(6-15(2)14-8)5-13-12(19)16(7-11(17)18)10-3-4-10/h6,10H,3-5,7H2,1-2H3,(H,13,19)(H,17,18). The lowest BCUT2D eigenvalue weighted by Gasteiger charge is -2.20. The lowest BCUT2D eigenvalue weighted by atomic mass is 10.3. The molecule has 1 heterocycles. The fourth-order valence-corrected chi connectivity index (χ4v) is 1.99. The second-order valence-electron chi connectivity index (χ2n) is 4.82. The van der Waals surface area contributed by atoms with Gasteiger partial charge in [-0.25, -0.2) is 4.79 Å². The van der Waals surface area contributed by atoms with Crippen molar-refractivity contribution < 1.29 is 14.7 Å². The first-order valence-corrected chi connectivity index (χ1v) is 6.22. The normalized spacial score (nSPS) is 14.2. The smallest absolute Gasteiger partial charge is 0.323 e. The first-order valence-electron chi connectivity index (χ1n) is 6.22. The predicted octanol–water partition coefficient (Wildman–Crippen LogP) is 0.487. The van der Waals surface area contributed by atoms with Crippen LogP contribution in [0.2, 0.25) is 0 Å². The van der Waals surface area contributed by atoms with E-state index in [1.807, 2.05) is 20.2 Å². The van der Waals surface area contributed by atoms with Crippen LogP contribution in [0.1, 0.15) is 24.1 Å². The van der Waals surface area contributed by atoms with Gasteiger partial charge in [0.2, 0.25) is 0 Å². The lowest BCUT2D eigenvalue weighted by molar-refractivity contribution is -0.137. The van der Waals surface area contributed by atoms with Crippen LogP contribution >= 0.6 is 0 Å². The number of urea groups is 1.